The Morgan fingerprint density at radius 3 is 2.52 bits per heavy atom. The maximum atomic E-state index is 12.4. The number of hydrogen-bond donors (Lipinski definition) is 1. The lowest BCUT2D eigenvalue weighted by atomic mass is 10.1. The molecule has 0 bridgehead atoms. The molecule has 2 aromatic carbocycles. The number of nitrogens with one attached hydrogen (secondary N) is 1. The van der Waals surface area contributed by atoms with Gasteiger partial charge in [-0.15, -0.1) is 5.10 Å². The number of carbonyl (C=O) groups is 3. The fourth-order valence-corrected chi connectivity index (χ4v) is 3.52. The topological polar surface area (TPSA) is 97.2 Å². The van der Waals surface area contributed by atoms with Crippen molar-refractivity contribution in [3.05, 3.63) is 70.0 Å². The largest absolute Gasteiger partial charge is 0.324 e. The molecule has 146 valence electrons. The van der Waals surface area contributed by atoms with E-state index in [1.807, 2.05) is 18.2 Å². The number of ketones is 1. The van der Waals surface area contributed by atoms with Crippen molar-refractivity contribution in [2.75, 3.05) is 10.2 Å². The zero-order valence-electron chi connectivity index (χ0n) is 14.8. The van der Waals surface area contributed by atoms with E-state index in [1.54, 1.807) is 12.1 Å². The highest BCUT2D eigenvalue weighted by Crippen LogP contribution is 2.40. The van der Waals surface area contributed by atoms with Crippen LogP contribution in [0.3, 0.4) is 0 Å². The number of Topliss-reactive ketones (excluding diaryl/α,β-unsaturated/α-hetero) is 1. The Balaban J connectivity index is 1.49. The molecule has 1 aromatic heterocycles. The fraction of sp³-hybridized carbons (Fsp3) is 0.105. The van der Waals surface area contributed by atoms with Gasteiger partial charge in [-0.05, 0) is 24.3 Å². The highest BCUT2D eigenvalue weighted by molar-refractivity contribution is 6.56. The first-order valence-electron chi connectivity index (χ1n) is 8.52. The fourth-order valence-electron chi connectivity index (χ4n) is 3.02. The molecule has 0 aliphatic carbocycles. The van der Waals surface area contributed by atoms with Gasteiger partial charge in [-0.2, -0.15) is 0 Å². The third-order valence-corrected chi connectivity index (χ3v) is 4.90. The zero-order valence-corrected chi connectivity index (χ0v) is 16.3. The molecule has 0 saturated carbocycles. The molecule has 0 spiro atoms. The number of anilines is 2. The Hall–Kier alpha value is -3.23. The van der Waals surface area contributed by atoms with Crippen molar-refractivity contribution in [1.82, 2.24) is 15.0 Å². The molecule has 1 aliphatic rings. The number of amides is 2. The summed E-state index contributed by atoms with van der Waals surface area (Å²) in [6.45, 7) is -0.0874. The maximum absolute atomic E-state index is 12.4. The molecular formula is C19H13Cl2N5O3. The van der Waals surface area contributed by atoms with Crippen molar-refractivity contribution in [3.8, 4) is 0 Å². The van der Waals surface area contributed by atoms with Gasteiger partial charge in [-0.25, -0.2) is 4.68 Å². The summed E-state index contributed by atoms with van der Waals surface area (Å²) in [5.41, 5.74) is 1.40. The molecule has 29 heavy (non-hydrogen) atoms. The van der Waals surface area contributed by atoms with E-state index >= 15 is 0 Å². The van der Waals surface area contributed by atoms with Crippen molar-refractivity contribution in [3.63, 3.8) is 0 Å². The molecule has 2 amide bonds. The molecular weight excluding hydrogens is 417 g/mol. The monoisotopic (exact) mass is 429 g/mol. The van der Waals surface area contributed by atoms with Crippen LogP contribution in [0.15, 0.2) is 48.7 Å². The van der Waals surface area contributed by atoms with Gasteiger partial charge < -0.3 is 5.32 Å². The molecule has 0 unspecified atom stereocenters. The van der Waals surface area contributed by atoms with Crippen LogP contribution in [0.4, 0.5) is 11.4 Å². The number of benzene rings is 2. The lowest BCUT2D eigenvalue weighted by Gasteiger charge is -2.16. The minimum atomic E-state index is -0.744. The quantitative estimate of drug-likeness (QED) is 0.628. The molecule has 0 atom stereocenters. The van der Waals surface area contributed by atoms with Gasteiger partial charge in [-0.1, -0.05) is 46.6 Å². The molecule has 0 saturated heterocycles. The van der Waals surface area contributed by atoms with Crippen LogP contribution in [-0.2, 0) is 22.7 Å². The Bertz CT molecular complexity index is 1130. The first-order valence-corrected chi connectivity index (χ1v) is 9.27. The molecule has 2 heterocycles. The lowest BCUT2D eigenvalue weighted by Crippen LogP contribution is -2.29. The summed E-state index contributed by atoms with van der Waals surface area (Å²) < 4.78 is 1.34. The van der Waals surface area contributed by atoms with E-state index < -0.39 is 11.7 Å². The van der Waals surface area contributed by atoms with Gasteiger partial charge in [0.15, 0.2) is 0 Å². The van der Waals surface area contributed by atoms with Gasteiger partial charge in [0.05, 0.1) is 34.0 Å². The predicted octanol–water partition coefficient (Wildman–Crippen LogP) is 2.95. The highest BCUT2D eigenvalue weighted by atomic mass is 35.5. The summed E-state index contributed by atoms with van der Waals surface area (Å²) in [7, 11) is 0. The van der Waals surface area contributed by atoms with Crippen molar-refractivity contribution < 1.29 is 14.4 Å². The number of carbonyl (C=O) groups excluding carboxylic acids is 3. The van der Waals surface area contributed by atoms with Crippen LogP contribution < -0.4 is 10.2 Å². The minimum absolute atomic E-state index is 0.0298. The number of para-hydroxylation sites is 1. The van der Waals surface area contributed by atoms with E-state index in [0.717, 1.165) is 0 Å². The van der Waals surface area contributed by atoms with Crippen LogP contribution in [0.1, 0.15) is 16.1 Å². The van der Waals surface area contributed by atoms with Crippen LogP contribution in [0.25, 0.3) is 0 Å². The van der Waals surface area contributed by atoms with Gasteiger partial charge in [-0.3, -0.25) is 19.3 Å². The average Bonchev–Trinajstić information content (AvgIpc) is 3.24. The Kier molecular flexibility index (Phi) is 5.04. The normalized spacial score (nSPS) is 13.0. The van der Waals surface area contributed by atoms with Crippen molar-refractivity contribution in [2.24, 2.45) is 0 Å². The maximum Gasteiger partial charge on any atom is 0.299 e. The zero-order chi connectivity index (χ0) is 20.5. The van der Waals surface area contributed by atoms with E-state index in [1.165, 1.54) is 27.9 Å². The standard InChI is InChI=1S/C19H13Cl2N5O3/c20-13-6-7-14(21)17-16(13)18(28)19(29)26(17)9-12-8-25(24-23-12)10-15(27)22-11-4-2-1-3-5-11/h1-8H,9-10H2,(H,22,27). The summed E-state index contributed by atoms with van der Waals surface area (Å²) in [4.78, 5) is 38.0. The van der Waals surface area contributed by atoms with Crippen LogP contribution >= 0.6 is 23.2 Å². The summed E-state index contributed by atoms with van der Waals surface area (Å²) in [5.74, 6) is -1.74. The Morgan fingerprint density at radius 2 is 1.76 bits per heavy atom. The van der Waals surface area contributed by atoms with Crippen LogP contribution in [-0.4, -0.2) is 32.6 Å². The van der Waals surface area contributed by atoms with Crippen molar-refractivity contribution in [1.29, 1.82) is 0 Å². The summed E-state index contributed by atoms with van der Waals surface area (Å²) >= 11 is 12.2. The van der Waals surface area contributed by atoms with Crippen LogP contribution in [0.5, 0.6) is 0 Å². The van der Waals surface area contributed by atoms with E-state index in [9.17, 15) is 14.4 Å². The number of rotatable bonds is 5. The first kappa shape index (κ1) is 19.1. The van der Waals surface area contributed by atoms with E-state index in [2.05, 4.69) is 15.6 Å². The molecule has 1 N–H and O–H groups in total. The minimum Gasteiger partial charge on any atom is -0.324 e. The Morgan fingerprint density at radius 1 is 1.03 bits per heavy atom. The number of hydrogen-bond acceptors (Lipinski definition) is 5. The van der Waals surface area contributed by atoms with Gasteiger partial charge in [0.1, 0.15) is 12.2 Å². The molecule has 1 aliphatic heterocycles. The van der Waals surface area contributed by atoms with Gasteiger partial charge in [0.2, 0.25) is 5.91 Å². The van der Waals surface area contributed by atoms with Crippen LogP contribution in [0, 0.1) is 0 Å². The van der Waals surface area contributed by atoms with Gasteiger partial charge >= 0.3 is 0 Å². The lowest BCUT2D eigenvalue weighted by molar-refractivity contribution is -0.117. The summed E-state index contributed by atoms with van der Waals surface area (Å²) in [5, 5.41) is 11.0. The van der Waals surface area contributed by atoms with Gasteiger partial charge in [0, 0.05) is 5.69 Å². The highest BCUT2D eigenvalue weighted by Gasteiger charge is 2.39. The predicted molar refractivity (Wildman–Crippen MR) is 107 cm³/mol. The molecule has 10 heteroatoms. The number of halogens is 2. The first-order chi connectivity index (χ1) is 13.9. The van der Waals surface area contributed by atoms with E-state index in [-0.39, 0.29) is 40.3 Å². The van der Waals surface area contributed by atoms with E-state index in [4.69, 9.17) is 23.2 Å². The summed E-state index contributed by atoms with van der Waals surface area (Å²) in [6, 6.07) is 12.0. The third-order valence-electron chi connectivity index (χ3n) is 4.28. The smallest absolute Gasteiger partial charge is 0.299 e. The average molecular weight is 430 g/mol. The third kappa shape index (κ3) is 3.72. The number of nitrogens with zero attached hydrogens (tertiary/aromatic N) is 4. The SMILES string of the molecule is O=C(Cn1cc(CN2C(=O)C(=O)c3c(Cl)ccc(Cl)c32)nn1)Nc1ccccc1. The van der Waals surface area contributed by atoms with E-state index in [0.29, 0.717) is 11.4 Å². The second-order valence-corrected chi connectivity index (χ2v) is 7.11. The number of aromatic nitrogens is 3. The molecule has 0 fully saturated rings. The molecule has 4 rings (SSSR count). The van der Waals surface area contributed by atoms with Crippen molar-refractivity contribution >= 4 is 52.2 Å². The summed E-state index contributed by atoms with van der Waals surface area (Å²) in [6.07, 6.45) is 1.53. The number of fused-ring (bicyclic) bond motifs is 1. The Labute approximate surface area is 175 Å². The van der Waals surface area contributed by atoms with Gasteiger partial charge in [0.25, 0.3) is 11.7 Å². The van der Waals surface area contributed by atoms with Crippen LogP contribution in [0.2, 0.25) is 10.0 Å². The second kappa shape index (κ2) is 7.65. The second-order valence-electron chi connectivity index (χ2n) is 6.29. The molecule has 8 nitrogen and oxygen atoms in total. The molecule has 0 radical (unpaired) electrons. The molecule has 3 aromatic rings. The van der Waals surface area contributed by atoms with Crippen molar-refractivity contribution in [2.45, 2.75) is 13.1 Å².